The van der Waals surface area contributed by atoms with E-state index in [1.165, 1.54) is 24.9 Å². The van der Waals surface area contributed by atoms with Crippen molar-refractivity contribution >= 4 is 11.6 Å². The summed E-state index contributed by atoms with van der Waals surface area (Å²) in [7, 11) is 1.70. The highest BCUT2D eigenvalue weighted by Gasteiger charge is 2.24. The SMILES string of the molecule is COc1cccc(N2CCN(CC(=O)N[C@H]3CCCC[C@@H]3C)CC2)c1. The van der Waals surface area contributed by atoms with Gasteiger partial charge in [-0.3, -0.25) is 9.69 Å². The predicted octanol–water partition coefficient (Wildman–Crippen LogP) is 2.51. The number of carbonyl (C=O) groups is 1. The molecular formula is C20H31N3O2. The van der Waals surface area contributed by atoms with Crippen LogP contribution >= 0.6 is 0 Å². The number of nitrogens with one attached hydrogen (secondary N) is 1. The van der Waals surface area contributed by atoms with Gasteiger partial charge in [-0.05, 0) is 30.9 Å². The van der Waals surface area contributed by atoms with Gasteiger partial charge in [0.2, 0.25) is 5.91 Å². The summed E-state index contributed by atoms with van der Waals surface area (Å²) in [5.41, 5.74) is 1.19. The first-order valence-electron chi connectivity index (χ1n) is 9.56. The Morgan fingerprint density at radius 1 is 1.20 bits per heavy atom. The van der Waals surface area contributed by atoms with E-state index in [2.05, 4.69) is 34.2 Å². The first kappa shape index (κ1) is 18.1. The highest BCUT2D eigenvalue weighted by Crippen LogP contribution is 2.24. The lowest BCUT2D eigenvalue weighted by Crippen LogP contribution is -2.51. The van der Waals surface area contributed by atoms with Crippen molar-refractivity contribution in [3.8, 4) is 5.75 Å². The molecule has 0 spiro atoms. The second-order valence-corrected chi connectivity index (χ2v) is 7.40. The zero-order chi connectivity index (χ0) is 17.6. The van der Waals surface area contributed by atoms with Crippen LogP contribution in [0.2, 0.25) is 0 Å². The number of nitrogens with zero attached hydrogens (tertiary/aromatic N) is 2. The molecule has 2 atom stereocenters. The van der Waals surface area contributed by atoms with Gasteiger partial charge in [-0.1, -0.05) is 25.8 Å². The fraction of sp³-hybridized carbons (Fsp3) is 0.650. The number of benzene rings is 1. The van der Waals surface area contributed by atoms with Crippen molar-refractivity contribution in [2.45, 2.75) is 38.6 Å². The van der Waals surface area contributed by atoms with Crippen molar-refractivity contribution < 1.29 is 9.53 Å². The Morgan fingerprint density at radius 3 is 2.68 bits per heavy atom. The molecule has 1 aliphatic heterocycles. The van der Waals surface area contributed by atoms with Crippen LogP contribution in [0.1, 0.15) is 32.6 Å². The second kappa shape index (κ2) is 8.56. The van der Waals surface area contributed by atoms with Crippen molar-refractivity contribution in [1.29, 1.82) is 0 Å². The molecule has 25 heavy (non-hydrogen) atoms. The van der Waals surface area contributed by atoms with Crippen LogP contribution < -0.4 is 15.0 Å². The molecule has 0 aromatic heterocycles. The molecule has 0 bridgehead atoms. The van der Waals surface area contributed by atoms with Crippen molar-refractivity contribution in [3.05, 3.63) is 24.3 Å². The van der Waals surface area contributed by atoms with Gasteiger partial charge in [0.1, 0.15) is 5.75 Å². The summed E-state index contributed by atoms with van der Waals surface area (Å²) in [6.07, 6.45) is 4.93. The van der Waals surface area contributed by atoms with Crippen LogP contribution in [-0.2, 0) is 4.79 Å². The van der Waals surface area contributed by atoms with E-state index in [-0.39, 0.29) is 5.91 Å². The smallest absolute Gasteiger partial charge is 0.234 e. The molecule has 2 aliphatic rings. The number of methoxy groups -OCH3 is 1. The average molecular weight is 345 g/mol. The average Bonchev–Trinajstić information content (AvgIpc) is 2.64. The van der Waals surface area contributed by atoms with Crippen molar-refractivity contribution in [2.75, 3.05) is 44.7 Å². The number of anilines is 1. The molecule has 2 fully saturated rings. The summed E-state index contributed by atoms with van der Waals surface area (Å²) in [5, 5.41) is 3.26. The zero-order valence-corrected chi connectivity index (χ0v) is 15.5. The summed E-state index contributed by atoms with van der Waals surface area (Å²) >= 11 is 0. The second-order valence-electron chi connectivity index (χ2n) is 7.40. The molecule has 0 radical (unpaired) electrons. The van der Waals surface area contributed by atoms with Crippen molar-refractivity contribution in [2.24, 2.45) is 5.92 Å². The summed E-state index contributed by atoms with van der Waals surface area (Å²) in [6, 6.07) is 8.57. The van der Waals surface area contributed by atoms with E-state index in [4.69, 9.17) is 4.74 Å². The molecule has 5 heteroatoms. The largest absolute Gasteiger partial charge is 0.497 e. The lowest BCUT2D eigenvalue weighted by atomic mass is 9.86. The molecule has 5 nitrogen and oxygen atoms in total. The summed E-state index contributed by atoms with van der Waals surface area (Å²) in [6.45, 7) is 6.52. The van der Waals surface area contributed by atoms with Crippen LogP contribution in [0.3, 0.4) is 0 Å². The quantitative estimate of drug-likeness (QED) is 0.891. The van der Waals surface area contributed by atoms with Gasteiger partial charge in [0, 0.05) is 44.0 Å². The summed E-state index contributed by atoms with van der Waals surface area (Å²) in [4.78, 5) is 17.0. The maximum atomic E-state index is 12.4. The fourth-order valence-electron chi connectivity index (χ4n) is 3.96. The van der Waals surface area contributed by atoms with Crippen molar-refractivity contribution in [1.82, 2.24) is 10.2 Å². The maximum Gasteiger partial charge on any atom is 0.234 e. The Bertz CT molecular complexity index is 570. The van der Waals surface area contributed by atoms with Gasteiger partial charge in [-0.15, -0.1) is 0 Å². The number of hydrogen-bond donors (Lipinski definition) is 1. The molecule has 3 rings (SSSR count). The predicted molar refractivity (Wildman–Crippen MR) is 101 cm³/mol. The minimum atomic E-state index is 0.189. The Hall–Kier alpha value is -1.75. The Labute approximate surface area is 151 Å². The minimum absolute atomic E-state index is 0.189. The highest BCUT2D eigenvalue weighted by molar-refractivity contribution is 5.78. The maximum absolute atomic E-state index is 12.4. The van der Waals surface area contributed by atoms with Crippen LogP contribution in [0.15, 0.2) is 24.3 Å². The van der Waals surface area contributed by atoms with E-state index in [1.807, 2.05) is 12.1 Å². The van der Waals surface area contributed by atoms with Crippen LogP contribution in [0.5, 0.6) is 5.75 Å². The third-order valence-corrected chi connectivity index (χ3v) is 5.62. The Kier molecular flexibility index (Phi) is 6.19. The minimum Gasteiger partial charge on any atom is -0.497 e. The lowest BCUT2D eigenvalue weighted by Gasteiger charge is -2.36. The Balaban J connectivity index is 1.45. The topological polar surface area (TPSA) is 44.8 Å². The van der Waals surface area contributed by atoms with Gasteiger partial charge in [-0.25, -0.2) is 0 Å². The van der Waals surface area contributed by atoms with Crippen LogP contribution in [0.4, 0.5) is 5.69 Å². The van der Waals surface area contributed by atoms with E-state index in [9.17, 15) is 4.79 Å². The molecule has 1 aliphatic carbocycles. The monoisotopic (exact) mass is 345 g/mol. The van der Waals surface area contributed by atoms with Gasteiger partial charge >= 0.3 is 0 Å². The number of amides is 1. The van der Waals surface area contributed by atoms with E-state index < -0.39 is 0 Å². The molecule has 1 heterocycles. The van der Waals surface area contributed by atoms with E-state index in [1.54, 1.807) is 7.11 Å². The normalized spacial score (nSPS) is 24.8. The van der Waals surface area contributed by atoms with E-state index in [0.717, 1.165) is 38.3 Å². The van der Waals surface area contributed by atoms with E-state index >= 15 is 0 Å². The Morgan fingerprint density at radius 2 is 1.96 bits per heavy atom. The van der Waals surface area contributed by atoms with Gasteiger partial charge in [-0.2, -0.15) is 0 Å². The van der Waals surface area contributed by atoms with Gasteiger partial charge < -0.3 is 15.0 Å². The molecule has 138 valence electrons. The molecule has 0 unspecified atom stereocenters. The van der Waals surface area contributed by atoms with Crippen molar-refractivity contribution in [3.63, 3.8) is 0 Å². The third kappa shape index (κ3) is 4.88. The molecule has 1 N–H and O–H groups in total. The molecule has 1 aromatic carbocycles. The number of ether oxygens (including phenoxy) is 1. The molecule has 1 saturated heterocycles. The number of carbonyl (C=O) groups excluding carboxylic acids is 1. The molecular weight excluding hydrogens is 314 g/mol. The van der Waals surface area contributed by atoms with E-state index in [0.29, 0.717) is 18.5 Å². The van der Waals surface area contributed by atoms with Gasteiger partial charge in [0.25, 0.3) is 0 Å². The summed E-state index contributed by atoms with van der Waals surface area (Å²) < 4.78 is 5.31. The third-order valence-electron chi connectivity index (χ3n) is 5.62. The molecule has 1 aromatic rings. The zero-order valence-electron chi connectivity index (χ0n) is 15.5. The summed E-state index contributed by atoms with van der Waals surface area (Å²) in [5.74, 6) is 1.69. The first-order valence-corrected chi connectivity index (χ1v) is 9.56. The number of piperazine rings is 1. The number of rotatable bonds is 5. The number of hydrogen-bond acceptors (Lipinski definition) is 4. The van der Waals surface area contributed by atoms with Crippen LogP contribution in [0, 0.1) is 5.92 Å². The molecule has 1 saturated carbocycles. The lowest BCUT2D eigenvalue weighted by molar-refractivity contribution is -0.123. The fourth-order valence-corrected chi connectivity index (χ4v) is 3.96. The highest BCUT2D eigenvalue weighted by atomic mass is 16.5. The van der Waals surface area contributed by atoms with Crippen LogP contribution in [0.25, 0.3) is 0 Å². The molecule has 1 amide bonds. The standard InChI is InChI=1S/C20H31N3O2/c1-16-6-3-4-9-19(16)21-20(24)15-22-10-12-23(13-11-22)17-7-5-8-18(14-17)25-2/h5,7-8,14,16,19H,3-4,6,9-13,15H2,1-2H3,(H,21,24)/t16-,19-/m0/s1. The van der Waals surface area contributed by atoms with Gasteiger partial charge in [0.05, 0.1) is 13.7 Å². The van der Waals surface area contributed by atoms with Crippen LogP contribution in [-0.4, -0.2) is 56.7 Å². The first-order chi connectivity index (χ1) is 12.2. The van der Waals surface area contributed by atoms with Gasteiger partial charge in [0.15, 0.2) is 0 Å².